The molecule has 0 heterocycles. The van der Waals surface area contributed by atoms with Crippen LogP contribution in [0, 0.1) is 5.41 Å². The Morgan fingerprint density at radius 2 is 2.00 bits per heavy atom. The molecule has 2 nitrogen and oxygen atoms in total. The van der Waals surface area contributed by atoms with Gasteiger partial charge < -0.3 is 4.74 Å². The molecule has 0 bridgehead atoms. The maximum Gasteiger partial charge on any atom is 0.312 e. The Balaban J connectivity index is 3.74. The van der Waals surface area contributed by atoms with Gasteiger partial charge in [0.1, 0.15) is 5.94 Å². The van der Waals surface area contributed by atoms with Crippen molar-refractivity contribution < 1.29 is 9.53 Å². The van der Waals surface area contributed by atoms with Crippen LogP contribution >= 0.6 is 12.6 Å². The van der Waals surface area contributed by atoms with E-state index >= 15 is 0 Å². The molecule has 0 saturated heterocycles. The van der Waals surface area contributed by atoms with Crippen molar-refractivity contribution in [2.45, 2.75) is 20.8 Å². The molecule has 0 fully saturated rings. The van der Waals surface area contributed by atoms with Gasteiger partial charge in [-0.15, -0.1) is 0 Å². The van der Waals surface area contributed by atoms with Gasteiger partial charge in [0.2, 0.25) is 0 Å². The molecule has 0 spiro atoms. The number of rotatable bonds is 1. The average molecular weight is 147 g/mol. The van der Waals surface area contributed by atoms with Crippen LogP contribution in [0.15, 0.2) is 0 Å². The van der Waals surface area contributed by atoms with E-state index in [0.717, 1.165) is 0 Å². The summed E-state index contributed by atoms with van der Waals surface area (Å²) in [6.45, 7) is 5.38. The van der Waals surface area contributed by atoms with Gasteiger partial charge in [0.05, 0.1) is 5.41 Å². The van der Waals surface area contributed by atoms with Crippen molar-refractivity contribution in [1.82, 2.24) is 0 Å². The van der Waals surface area contributed by atoms with Gasteiger partial charge in [-0.3, -0.25) is 4.79 Å². The third-order valence-electron chi connectivity index (χ3n) is 0.802. The predicted molar refractivity (Wildman–Crippen MR) is 38.0 cm³/mol. The summed E-state index contributed by atoms with van der Waals surface area (Å²) in [4.78, 5) is 10.8. The molecule has 0 aliphatic carbocycles. The first-order valence-corrected chi connectivity index (χ1v) is 3.31. The van der Waals surface area contributed by atoms with E-state index in [1.165, 1.54) is 0 Å². The Kier molecular flexibility index (Phi) is 3.04. The second-order valence-corrected chi connectivity index (χ2v) is 3.04. The van der Waals surface area contributed by atoms with E-state index in [-0.39, 0.29) is 11.9 Å². The van der Waals surface area contributed by atoms with Gasteiger partial charge in [-0.05, 0) is 33.4 Å². The van der Waals surface area contributed by atoms with Crippen LogP contribution in [0.4, 0.5) is 0 Å². The Bertz CT molecular complexity index is 104. The molecule has 0 aliphatic heterocycles. The molecule has 0 aliphatic rings. The van der Waals surface area contributed by atoms with Gasteiger partial charge in [0.25, 0.3) is 0 Å². The first-order valence-electron chi connectivity index (χ1n) is 2.74. The van der Waals surface area contributed by atoms with Crippen molar-refractivity contribution in [3.63, 3.8) is 0 Å². The van der Waals surface area contributed by atoms with Gasteiger partial charge in [0, 0.05) is 0 Å². The lowest BCUT2D eigenvalue weighted by Gasteiger charge is -2.14. The van der Waals surface area contributed by atoms with Crippen LogP contribution in [-0.2, 0) is 9.53 Å². The molecule has 0 saturated carbocycles. The first kappa shape index (κ1) is 8.82. The lowest BCUT2D eigenvalue weighted by molar-refractivity contribution is -0.150. The highest BCUT2D eigenvalue weighted by Gasteiger charge is 2.22. The van der Waals surface area contributed by atoms with E-state index in [4.69, 9.17) is 0 Å². The summed E-state index contributed by atoms with van der Waals surface area (Å²) >= 11 is 4.45. The van der Waals surface area contributed by atoms with Crippen LogP contribution in [-0.4, -0.2) is 11.9 Å². The van der Waals surface area contributed by atoms with Crippen molar-refractivity contribution in [3.05, 3.63) is 0 Å². The Hall–Kier alpha value is -0.180. The Labute approximate surface area is 61.0 Å². The zero-order valence-electron chi connectivity index (χ0n) is 5.93. The van der Waals surface area contributed by atoms with E-state index in [1.54, 1.807) is 20.8 Å². The van der Waals surface area contributed by atoms with E-state index < -0.39 is 5.41 Å². The Morgan fingerprint density at radius 3 is 2.11 bits per heavy atom. The quantitative estimate of drug-likeness (QED) is 0.528. The number of ether oxygens (including phenoxy) is 1. The highest BCUT2D eigenvalue weighted by atomic mass is 32.1. The lowest BCUT2D eigenvalue weighted by Crippen LogP contribution is -2.22. The van der Waals surface area contributed by atoms with E-state index in [0.29, 0.717) is 0 Å². The number of hydrogen-bond donors (Lipinski definition) is 0. The largest absolute Gasteiger partial charge is 0.453 e. The van der Waals surface area contributed by atoms with Crippen molar-refractivity contribution in [3.8, 4) is 0 Å². The van der Waals surface area contributed by atoms with Crippen molar-refractivity contribution >= 4 is 18.6 Å². The summed E-state index contributed by atoms with van der Waals surface area (Å²) in [5.74, 6) is -0.187. The zero-order valence-corrected chi connectivity index (χ0v) is 6.75. The summed E-state index contributed by atoms with van der Waals surface area (Å²) in [5, 5.41) is 0. The van der Waals surface area contributed by atoms with Gasteiger partial charge in [-0.2, -0.15) is 0 Å². The maximum absolute atomic E-state index is 10.8. The molecular weight excluding hydrogens is 136 g/mol. The Morgan fingerprint density at radius 1 is 1.56 bits per heavy atom. The first-order chi connectivity index (χ1) is 3.98. The van der Waals surface area contributed by atoms with Crippen LogP contribution in [0.3, 0.4) is 0 Å². The van der Waals surface area contributed by atoms with Crippen LogP contribution in [0.2, 0.25) is 0 Å². The van der Waals surface area contributed by atoms with Crippen LogP contribution in [0.5, 0.6) is 0 Å². The molecule has 0 atom stereocenters. The SMILES string of the molecule is CC(C)(C)C(=O)OC[S]. The van der Waals surface area contributed by atoms with Gasteiger partial charge in [-0.25, -0.2) is 0 Å². The number of hydrogen-bond acceptors (Lipinski definition) is 2. The van der Waals surface area contributed by atoms with Crippen LogP contribution in [0.1, 0.15) is 20.8 Å². The number of carbonyl (C=O) groups is 1. The fourth-order valence-electron chi connectivity index (χ4n) is 0.270. The molecule has 3 heteroatoms. The van der Waals surface area contributed by atoms with Crippen molar-refractivity contribution in [1.29, 1.82) is 0 Å². The van der Waals surface area contributed by atoms with Crippen molar-refractivity contribution in [2.24, 2.45) is 5.41 Å². The van der Waals surface area contributed by atoms with E-state index in [1.807, 2.05) is 0 Å². The highest BCUT2D eigenvalue weighted by molar-refractivity contribution is 7.80. The van der Waals surface area contributed by atoms with Crippen LogP contribution < -0.4 is 0 Å². The fraction of sp³-hybridized carbons (Fsp3) is 0.833. The molecule has 0 rings (SSSR count). The number of carbonyl (C=O) groups excluding carboxylic acids is 1. The normalized spacial score (nSPS) is 11.1. The summed E-state index contributed by atoms with van der Waals surface area (Å²) in [6, 6.07) is 0. The second-order valence-electron chi connectivity index (χ2n) is 2.80. The molecular formula is C6H11O2S. The molecule has 0 aromatic heterocycles. The molecule has 1 radical (unpaired) electrons. The minimum atomic E-state index is -0.418. The third kappa shape index (κ3) is 3.40. The smallest absolute Gasteiger partial charge is 0.312 e. The standard InChI is InChI=1S/C6H11O2S/c1-6(2,3)5(7)8-4-9/h4H2,1-3H3. The minimum Gasteiger partial charge on any atom is -0.453 e. The summed E-state index contributed by atoms with van der Waals surface area (Å²) in [6.07, 6.45) is 0. The molecule has 9 heavy (non-hydrogen) atoms. The molecule has 0 N–H and O–H groups in total. The van der Waals surface area contributed by atoms with E-state index in [2.05, 4.69) is 17.4 Å². The summed E-state index contributed by atoms with van der Waals surface area (Å²) < 4.78 is 4.58. The topological polar surface area (TPSA) is 26.3 Å². The zero-order chi connectivity index (χ0) is 7.49. The average Bonchev–Trinajstić information content (AvgIpc) is 1.64. The second kappa shape index (κ2) is 3.11. The van der Waals surface area contributed by atoms with Gasteiger partial charge >= 0.3 is 5.97 Å². The molecule has 0 aromatic carbocycles. The summed E-state index contributed by atoms with van der Waals surface area (Å²) in [5.41, 5.74) is -0.418. The lowest BCUT2D eigenvalue weighted by atomic mass is 9.98. The monoisotopic (exact) mass is 147 g/mol. The molecule has 0 unspecified atom stereocenters. The summed E-state index contributed by atoms with van der Waals surface area (Å²) in [7, 11) is 0. The fourth-order valence-corrected chi connectivity index (χ4v) is 0.377. The minimum absolute atomic E-state index is 0.0517. The highest BCUT2D eigenvalue weighted by Crippen LogP contribution is 2.14. The van der Waals surface area contributed by atoms with Crippen LogP contribution in [0.25, 0.3) is 0 Å². The number of esters is 1. The van der Waals surface area contributed by atoms with Crippen molar-refractivity contribution in [2.75, 3.05) is 5.94 Å². The molecule has 0 aromatic rings. The van der Waals surface area contributed by atoms with E-state index in [9.17, 15) is 4.79 Å². The van der Waals surface area contributed by atoms with Gasteiger partial charge in [-0.1, -0.05) is 0 Å². The molecule has 0 amide bonds. The molecule has 53 valence electrons. The maximum atomic E-state index is 10.8. The van der Waals surface area contributed by atoms with Gasteiger partial charge in [0.15, 0.2) is 0 Å². The third-order valence-corrected chi connectivity index (χ3v) is 0.920. The predicted octanol–water partition coefficient (Wildman–Crippen LogP) is 1.73.